The fourth-order valence-corrected chi connectivity index (χ4v) is 2.86. The minimum absolute atomic E-state index is 0.123. The summed E-state index contributed by atoms with van der Waals surface area (Å²) in [6, 6.07) is 12.5. The van der Waals surface area contributed by atoms with Crippen molar-refractivity contribution < 1.29 is 19.2 Å². The van der Waals surface area contributed by atoms with E-state index in [4.69, 9.17) is 4.74 Å². The first kappa shape index (κ1) is 18.4. The highest BCUT2D eigenvalue weighted by Gasteiger charge is 2.14. The molecule has 0 radical (unpaired) electrons. The lowest BCUT2D eigenvalue weighted by Gasteiger charge is -2.17. The molecule has 8 heteroatoms. The maximum Gasteiger partial charge on any atom is 0.338 e. The first-order chi connectivity index (χ1) is 13.0. The lowest BCUT2D eigenvalue weighted by molar-refractivity contribution is -0.384. The second-order valence-electron chi connectivity index (χ2n) is 6.17. The summed E-state index contributed by atoms with van der Waals surface area (Å²) in [6.45, 7) is 1.65. The van der Waals surface area contributed by atoms with Gasteiger partial charge in [-0.15, -0.1) is 0 Å². The highest BCUT2D eigenvalue weighted by molar-refractivity contribution is 5.95. The van der Waals surface area contributed by atoms with Crippen LogP contribution < -0.4 is 10.2 Å². The van der Waals surface area contributed by atoms with E-state index in [9.17, 15) is 19.7 Å². The van der Waals surface area contributed by atoms with Gasteiger partial charge in [0.25, 0.3) is 11.6 Å². The molecule has 0 saturated carbocycles. The number of nitro benzene ring substituents is 1. The first-order valence-electron chi connectivity index (χ1n) is 8.59. The van der Waals surface area contributed by atoms with Crippen LogP contribution in [0.3, 0.4) is 0 Å². The molecule has 0 aromatic heterocycles. The van der Waals surface area contributed by atoms with Crippen molar-refractivity contribution in [1.29, 1.82) is 0 Å². The molecule has 1 fully saturated rings. The number of amides is 1. The van der Waals surface area contributed by atoms with Crippen molar-refractivity contribution >= 4 is 28.9 Å². The Balaban J connectivity index is 1.48. The number of non-ortho nitro benzene ring substituents is 1. The molecule has 0 aliphatic carbocycles. The molecule has 2 aromatic rings. The van der Waals surface area contributed by atoms with Crippen molar-refractivity contribution in [3.63, 3.8) is 0 Å². The third-order valence-electron chi connectivity index (χ3n) is 4.27. The third kappa shape index (κ3) is 4.81. The molecule has 0 unspecified atom stereocenters. The molecule has 0 bridgehead atoms. The van der Waals surface area contributed by atoms with Gasteiger partial charge in [0.2, 0.25) is 0 Å². The molecule has 8 nitrogen and oxygen atoms in total. The molecular weight excluding hydrogens is 350 g/mol. The summed E-state index contributed by atoms with van der Waals surface area (Å²) in [5.74, 6) is -1.18. The summed E-state index contributed by atoms with van der Waals surface area (Å²) in [5, 5.41) is 13.3. The molecule has 27 heavy (non-hydrogen) atoms. The number of rotatable bonds is 6. The van der Waals surface area contributed by atoms with Gasteiger partial charge in [-0.2, -0.15) is 0 Å². The number of esters is 1. The number of nitro groups is 1. The Bertz CT molecular complexity index is 827. The average Bonchev–Trinajstić information content (AvgIpc) is 3.21. The lowest BCUT2D eigenvalue weighted by Crippen LogP contribution is -2.21. The molecule has 1 aliphatic heterocycles. The molecule has 1 aliphatic rings. The SMILES string of the molecule is O=C(COC(=O)c1ccc([N+](=O)[O-])cc1)Nc1ccc(N2CCCC2)cc1. The summed E-state index contributed by atoms with van der Waals surface area (Å²) in [6.07, 6.45) is 2.39. The van der Waals surface area contributed by atoms with Gasteiger partial charge in [0.15, 0.2) is 6.61 Å². The standard InChI is InChI=1S/C19H19N3O5/c23-18(13-27-19(24)14-3-7-17(8-4-14)22(25)26)20-15-5-9-16(10-6-15)21-11-1-2-12-21/h3-10H,1-2,11-13H2,(H,20,23). The van der Waals surface area contributed by atoms with E-state index in [0.717, 1.165) is 18.8 Å². The number of ether oxygens (including phenoxy) is 1. The van der Waals surface area contributed by atoms with Crippen LogP contribution in [-0.4, -0.2) is 36.5 Å². The number of nitrogens with one attached hydrogen (secondary N) is 1. The average molecular weight is 369 g/mol. The highest BCUT2D eigenvalue weighted by Crippen LogP contribution is 2.22. The Morgan fingerprint density at radius 2 is 1.67 bits per heavy atom. The minimum atomic E-state index is -0.718. The fraction of sp³-hybridized carbons (Fsp3) is 0.263. The van der Waals surface area contributed by atoms with Crippen molar-refractivity contribution in [2.75, 3.05) is 29.9 Å². The van der Waals surface area contributed by atoms with Gasteiger partial charge < -0.3 is 15.0 Å². The van der Waals surface area contributed by atoms with Crippen LogP contribution in [0.25, 0.3) is 0 Å². The van der Waals surface area contributed by atoms with Gasteiger partial charge in [-0.1, -0.05) is 0 Å². The molecule has 3 rings (SSSR count). The van der Waals surface area contributed by atoms with Crippen LogP contribution in [0.15, 0.2) is 48.5 Å². The number of carbonyl (C=O) groups is 2. The summed E-state index contributed by atoms with van der Waals surface area (Å²) in [4.78, 5) is 36.2. The summed E-state index contributed by atoms with van der Waals surface area (Å²) in [7, 11) is 0. The van der Waals surface area contributed by atoms with E-state index in [1.807, 2.05) is 24.3 Å². The molecule has 1 saturated heterocycles. The normalized spacial score (nSPS) is 13.3. The van der Waals surface area contributed by atoms with E-state index in [0.29, 0.717) is 5.69 Å². The Labute approximate surface area is 155 Å². The van der Waals surface area contributed by atoms with Gasteiger partial charge in [-0.05, 0) is 49.2 Å². The number of carbonyl (C=O) groups excluding carboxylic acids is 2. The molecular formula is C19H19N3O5. The molecule has 1 N–H and O–H groups in total. The zero-order valence-corrected chi connectivity index (χ0v) is 14.6. The Hall–Kier alpha value is -3.42. The van der Waals surface area contributed by atoms with Crippen LogP contribution in [0.1, 0.15) is 23.2 Å². The quantitative estimate of drug-likeness (QED) is 0.477. The first-order valence-corrected chi connectivity index (χ1v) is 8.59. The van der Waals surface area contributed by atoms with Gasteiger partial charge in [-0.25, -0.2) is 4.79 Å². The van der Waals surface area contributed by atoms with Gasteiger partial charge in [0, 0.05) is 36.6 Å². The van der Waals surface area contributed by atoms with E-state index >= 15 is 0 Å². The van der Waals surface area contributed by atoms with E-state index in [2.05, 4.69) is 10.2 Å². The summed E-state index contributed by atoms with van der Waals surface area (Å²) in [5.41, 5.74) is 1.76. The zero-order chi connectivity index (χ0) is 19.2. The van der Waals surface area contributed by atoms with Gasteiger partial charge in [0.1, 0.15) is 0 Å². The van der Waals surface area contributed by atoms with Crippen LogP contribution in [0, 0.1) is 10.1 Å². The molecule has 0 spiro atoms. The van der Waals surface area contributed by atoms with Crippen molar-refractivity contribution in [2.45, 2.75) is 12.8 Å². The van der Waals surface area contributed by atoms with Crippen molar-refractivity contribution in [3.8, 4) is 0 Å². The largest absolute Gasteiger partial charge is 0.452 e. The van der Waals surface area contributed by atoms with Crippen molar-refractivity contribution in [2.24, 2.45) is 0 Å². The van der Waals surface area contributed by atoms with Gasteiger partial charge in [0.05, 0.1) is 10.5 Å². The fourth-order valence-electron chi connectivity index (χ4n) is 2.86. The van der Waals surface area contributed by atoms with Crippen LogP contribution in [0.2, 0.25) is 0 Å². The molecule has 140 valence electrons. The Morgan fingerprint density at radius 3 is 2.26 bits per heavy atom. The monoisotopic (exact) mass is 369 g/mol. The summed E-state index contributed by atoms with van der Waals surface area (Å²) < 4.78 is 4.94. The highest BCUT2D eigenvalue weighted by atomic mass is 16.6. The van der Waals surface area contributed by atoms with E-state index in [1.54, 1.807) is 0 Å². The smallest absolute Gasteiger partial charge is 0.338 e. The molecule has 1 amide bonds. The molecule has 0 atom stereocenters. The predicted octanol–water partition coefficient (Wildman–Crippen LogP) is 2.99. The van der Waals surface area contributed by atoms with Gasteiger partial charge in [-0.3, -0.25) is 14.9 Å². The van der Waals surface area contributed by atoms with Crippen LogP contribution >= 0.6 is 0 Å². The Kier molecular flexibility index (Phi) is 5.65. The third-order valence-corrected chi connectivity index (χ3v) is 4.27. The van der Waals surface area contributed by atoms with Crippen LogP contribution in [0.5, 0.6) is 0 Å². The van der Waals surface area contributed by atoms with E-state index in [-0.39, 0.29) is 11.3 Å². The molecule has 2 aromatic carbocycles. The molecule has 1 heterocycles. The summed E-state index contributed by atoms with van der Waals surface area (Å²) >= 11 is 0. The number of benzene rings is 2. The van der Waals surface area contributed by atoms with E-state index < -0.39 is 23.4 Å². The number of hydrogen-bond acceptors (Lipinski definition) is 6. The zero-order valence-electron chi connectivity index (χ0n) is 14.6. The Morgan fingerprint density at radius 1 is 1.04 bits per heavy atom. The maximum absolute atomic E-state index is 11.9. The lowest BCUT2D eigenvalue weighted by atomic mass is 10.2. The second-order valence-corrected chi connectivity index (χ2v) is 6.17. The van der Waals surface area contributed by atoms with Crippen LogP contribution in [0.4, 0.5) is 17.1 Å². The van der Waals surface area contributed by atoms with Crippen LogP contribution in [-0.2, 0) is 9.53 Å². The van der Waals surface area contributed by atoms with Crippen molar-refractivity contribution in [1.82, 2.24) is 0 Å². The minimum Gasteiger partial charge on any atom is -0.452 e. The second kappa shape index (κ2) is 8.31. The van der Waals surface area contributed by atoms with E-state index in [1.165, 1.54) is 37.1 Å². The predicted molar refractivity (Wildman–Crippen MR) is 99.9 cm³/mol. The van der Waals surface area contributed by atoms with Crippen molar-refractivity contribution in [3.05, 3.63) is 64.2 Å². The number of hydrogen-bond donors (Lipinski definition) is 1. The maximum atomic E-state index is 11.9. The number of nitrogens with zero attached hydrogens (tertiary/aromatic N) is 2. The van der Waals surface area contributed by atoms with Gasteiger partial charge >= 0.3 is 5.97 Å². The topological polar surface area (TPSA) is 102 Å². The number of anilines is 2.